The summed E-state index contributed by atoms with van der Waals surface area (Å²) in [6, 6.07) is 8.65. The number of aliphatic imine (C=N–C) groups is 1. The van der Waals surface area contributed by atoms with Gasteiger partial charge in [0.05, 0.1) is 18.4 Å². The van der Waals surface area contributed by atoms with E-state index in [2.05, 4.69) is 48.5 Å². The largest absolute Gasteiger partial charge is 0.494 e. The lowest BCUT2D eigenvalue weighted by Gasteiger charge is -2.22. The summed E-state index contributed by atoms with van der Waals surface area (Å²) in [5, 5.41) is 4.25. The van der Waals surface area contributed by atoms with Gasteiger partial charge in [-0.05, 0) is 48.1 Å². The summed E-state index contributed by atoms with van der Waals surface area (Å²) in [5.74, 6) is 0.960. The summed E-state index contributed by atoms with van der Waals surface area (Å²) >= 11 is 1.70. The van der Waals surface area contributed by atoms with Crippen LogP contribution in [-0.4, -0.2) is 18.4 Å². The van der Waals surface area contributed by atoms with E-state index in [-0.39, 0.29) is 6.04 Å². The number of rotatable bonds is 6. The highest BCUT2D eigenvalue weighted by molar-refractivity contribution is 7.08. The third kappa shape index (κ3) is 3.14. The van der Waals surface area contributed by atoms with Crippen LogP contribution in [0.1, 0.15) is 36.5 Å². The molecule has 1 aliphatic heterocycles. The minimum Gasteiger partial charge on any atom is -0.494 e. The molecule has 1 aliphatic rings. The monoisotopic (exact) mass is 311 g/mol. The summed E-state index contributed by atoms with van der Waals surface area (Å²) in [7, 11) is 0. The minimum atomic E-state index is 0.147. The highest BCUT2D eigenvalue weighted by Crippen LogP contribution is 2.28. The van der Waals surface area contributed by atoms with Gasteiger partial charge in [0.15, 0.2) is 0 Å². The molecular weight excluding hydrogens is 290 g/mol. The van der Waals surface area contributed by atoms with E-state index in [0.29, 0.717) is 0 Å². The molecule has 0 saturated heterocycles. The van der Waals surface area contributed by atoms with E-state index in [4.69, 9.17) is 9.73 Å². The fourth-order valence-corrected chi connectivity index (χ4v) is 3.31. The van der Waals surface area contributed by atoms with Crippen molar-refractivity contribution in [1.29, 1.82) is 0 Å². The molecule has 2 nitrogen and oxygen atoms in total. The molecule has 2 aromatic rings. The van der Waals surface area contributed by atoms with Crippen molar-refractivity contribution in [1.82, 2.24) is 0 Å². The average molecular weight is 311 g/mol. The molecule has 1 atom stereocenters. The molecule has 22 heavy (non-hydrogen) atoms. The summed E-state index contributed by atoms with van der Waals surface area (Å²) in [5.41, 5.74) is 4.79. The number of benzene rings is 1. The second kappa shape index (κ2) is 6.93. The Bertz CT molecular complexity index is 673. The van der Waals surface area contributed by atoms with Crippen molar-refractivity contribution in [2.75, 3.05) is 6.61 Å². The molecule has 3 heteroatoms. The third-order valence-corrected chi connectivity index (χ3v) is 4.57. The fraction of sp³-hybridized carbons (Fsp3) is 0.316. The first-order valence-corrected chi connectivity index (χ1v) is 8.75. The number of nitrogens with zero attached hydrogens (tertiary/aromatic N) is 1. The van der Waals surface area contributed by atoms with Crippen molar-refractivity contribution in [2.24, 2.45) is 4.99 Å². The van der Waals surface area contributed by atoms with Gasteiger partial charge in [0.2, 0.25) is 0 Å². The second-order valence-corrected chi connectivity index (χ2v) is 6.30. The van der Waals surface area contributed by atoms with Gasteiger partial charge in [-0.25, -0.2) is 0 Å². The van der Waals surface area contributed by atoms with E-state index >= 15 is 0 Å². The van der Waals surface area contributed by atoms with E-state index in [9.17, 15) is 0 Å². The van der Waals surface area contributed by atoms with Gasteiger partial charge in [-0.1, -0.05) is 19.4 Å². The lowest BCUT2D eigenvalue weighted by molar-refractivity contribution is 0.309. The number of unbranched alkanes of at least 4 members (excludes halogenated alkanes) is 1. The molecule has 1 aromatic heterocycles. The lowest BCUT2D eigenvalue weighted by Crippen LogP contribution is -2.20. The van der Waals surface area contributed by atoms with E-state index in [1.807, 2.05) is 6.08 Å². The number of hydrogen-bond acceptors (Lipinski definition) is 3. The molecular formula is C19H21NOS. The van der Waals surface area contributed by atoms with Gasteiger partial charge in [0.25, 0.3) is 0 Å². The van der Waals surface area contributed by atoms with Crippen LogP contribution in [0.4, 0.5) is 0 Å². The predicted octanol–water partition coefficient (Wildman–Crippen LogP) is 4.88. The Labute approximate surface area is 136 Å². The van der Waals surface area contributed by atoms with E-state index in [1.54, 1.807) is 11.3 Å². The number of fused-ring (bicyclic) bond motifs is 1. The van der Waals surface area contributed by atoms with E-state index < -0.39 is 0 Å². The molecule has 0 N–H and O–H groups in total. The quantitative estimate of drug-likeness (QED) is 0.550. The Balaban J connectivity index is 1.92. The van der Waals surface area contributed by atoms with Gasteiger partial charge in [-0.2, -0.15) is 11.3 Å². The van der Waals surface area contributed by atoms with Crippen molar-refractivity contribution < 1.29 is 4.74 Å². The summed E-state index contributed by atoms with van der Waals surface area (Å²) in [6.07, 6.45) is 5.07. The number of ether oxygens (including phenoxy) is 1. The first kappa shape index (κ1) is 15.0. The average Bonchev–Trinajstić information content (AvgIpc) is 3.08. The maximum absolute atomic E-state index is 5.84. The molecule has 0 amide bonds. The van der Waals surface area contributed by atoms with Crippen LogP contribution < -0.4 is 4.74 Å². The SMILES string of the molecule is C=CC1Cc2cc(OCCCC)ccc2C(c2ccsc2)=N1. The Hall–Kier alpha value is -1.87. The van der Waals surface area contributed by atoms with Gasteiger partial charge in [-0.3, -0.25) is 4.99 Å². The third-order valence-electron chi connectivity index (χ3n) is 3.89. The van der Waals surface area contributed by atoms with Gasteiger partial charge in [0.1, 0.15) is 5.75 Å². The van der Waals surface area contributed by atoms with Crippen molar-refractivity contribution in [3.63, 3.8) is 0 Å². The Kier molecular flexibility index (Phi) is 4.74. The summed E-state index contributed by atoms with van der Waals surface area (Å²) in [4.78, 5) is 4.85. The number of hydrogen-bond donors (Lipinski definition) is 0. The van der Waals surface area contributed by atoms with Crippen LogP contribution in [0, 0.1) is 0 Å². The molecule has 0 radical (unpaired) electrons. The van der Waals surface area contributed by atoms with Crippen LogP contribution >= 0.6 is 11.3 Å². The normalized spacial score (nSPS) is 16.8. The Morgan fingerprint density at radius 2 is 2.32 bits per heavy atom. The maximum atomic E-state index is 5.84. The molecule has 0 aliphatic carbocycles. The molecule has 3 rings (SSSR count). The molecule has 1 aromatic carbocycles. The van der Waals surface area contributed by atoms with Crippen molar-refractivity contribution >= 4 is 17.0 Å². The standard InChI is InChI=1S/C19H21NOS/c1-3-5-9-21-17-6-7-18-15(12-17)11-16(4-2)20-19(18)14-8-10-22-13-14/h4,6-8,10,12-13,16H,2-3,5,9,11H2,1H3. The highest BCUT2D eigenvalue weighted by atomic mass is 32.1. The van der Waals surface area contributed by atoms with Gasteiger partial charge in [0, 0.05) is 16.5 Å². The van der Waals surface area contributed by atoms with Gasteiger partial charge < -0.3 is 4.74 Å². The molecule has 1 unspecified atom stereocenters. The predicted molar refractivity (Wildman–Crippen MR) is 94.5 cm³/mol. The second-order valence-electron chi connectivity index (χ2n) is 5.52. The lowest BCUT2D eigenvalue weighted by atomic mass is 9.91. The van der Waals surface area contributed by atoms with Crippen LogP contribution in [0.2, 0.25) is 0 Å². The first-order chi connectivity index (χ1) is 10.8. The minimum absolute atomic E-state index is 0.147. The zero-order valence-corrected chi connectivity index (χ0v) is 13.7. The smallest absolute Gasteiger partial charge is 0.119 e. The van der Waals surface area contributed by atoms with Crippen molar-refractivity contribution in [2.45, 2.75) is 32.2 Å². The maximum Gasteiger partial charge on any atom is 0.119 e. The van der Waals surface area contributed by atoms with Gasteiger partial charge in [-0.15, -0.1) is 6.58 Å². The van der Waals surface area contributed by atoms with Crippen molar-refractivity contribution in [3.05, 3.63) is 64.4 Å². The molecule has 114 valence electrons. The molecule has 0 spiro atoms. The summed E-state index contributed by atoms with van der Waals surface area (Å²) in [6.45, 7) is 6.88. The van der Waals surface area contributed by atoms with Crippen LogP contribution in [0.5, 0.6) is 5.75 Å². The molecule has 0 saturated carbocycles. The molecule has 0 fully saturated rings. The number of thiophene rings is 1. The van der Waals surface area contributed by atoms with Crippen LogP contribution in [-0.2, 0) is 6.42 Å². The summed E-state index contributed by atoms with van der Waals surface area (Å²) < 4.78 is 5.84. The fourth-order valence-electron chi connectivity index (χ4n) is 2.67. The van der Waals surface area contributed by atoms with Crippen LogP contribution in [0.3, 0.4) is 0 Å². The van der Waals surface area contributed by atoms with Crippen molar-refractivity contribution in [3.8, 4) is 5.75 Å². The highest BCUT2D eigenvalue weighted by Gasteiger charge is 2.21. The Morgan fingerprint density at radius 3 is 3.05 bits per heavy atom. The van der Waals surface area contributed by atoms with Gasteiger partial charge >= 0.3 is 0 Å². The topological polar surface area (TPSA) is 21.6 Å². The zero-order valence-electron chi connectivity index (χ0n) is 12.9. The molecule has 2 heterocycles. The van der Waals surface area contributed by atoms with Crippen LogP contribution in [0.25, 0.3) is 0 Å². The first-order valence-electron chi connectivity index (χ1n) is 7.81. The van der Waals surface area contributed by atoms with E-state index in [0.717, 1.165) is 37.3 Å². The van der Waals surface area contributed by atoms with Crippen LogP contribution in [0.15, 0.2) is 52.7 Å². The Morgan fingerprint density at radius 1 is 1.41 bits per heavy atom. The molecule has 0 bridgehead atoms. The van der Waals surface area contributed by atoms with E-state index in [1.165, 1.54) is 16.7 Å². The zero-order chi connectivity index (χ0) is 15.4.